The molecule has 0 aliphatic carbocycles. The van der Waals surface area contributed by atoms with Crippen molar-refractivity contribution in [3.05, 3.63) is 77.6 Å². The number of fused-ring (bicyclic) bond motifs is 3. The first-order valence-electron chi connectivity index (χ1n) is 10.5. The lowest BCUT2D eigenvalue weighted by molar-refractivity contribution is -0.139. The molecule has 1 aliphatic heterocycles. The molecule has 0 saturated heterocycles. The third-order valence-electron chi connectivity index (χ3n) is 5.48. The minimum absolute atomic E-state index is 0.247. The van der Waals surface area contributed by atoms with E-state index in [-0.39, 0.29) is 6.61 Å². The largest absolute Gasteiger partial charge is 0.497 e. The van der Waals surface area contributed by atoms with Crippen LogP contribution in [0.25, 0.3) is 17.0 Å². The molecule has 1 aromatic carbocycles. The molecular weight excluding hydrogens is 422 g/mol. The van der Waals surface area contributed by atoms with E-state index in [9.17, 15) is 4.79 Å². The first kappa shape index (κ1) is 20.6. The van der Waals surface area contributed by atoms with Gasteiger partial charge in [0.1, 0.15) is 17.8 Å². The molecule has 3 aromatic heterocycles. The van der Waals surface area contributed by atoms with Crippen molar-refractivity contribution >= 4 is 11.6 Å². The van der Waals surface area contributed by atoms with Crippen molar-refractivity contribution < 1.29 is 19.0 Å². The smallest absolute Gasteiger partial charge is 0.338 e. The second-order valence-corrected chi connectivity index (χ2v) is 7.40. The monoisotopic (exact) mass is 443 g/mol. The number of carbonyl (C=O) groups is 1. The zero-order chi connectivity index (χ0) is 22.9. The Morgan fingerprint density at radius 3 is 2.61 bits per heavy atom. The molecule has 5 rings (SSSR count). The first-order chi connectivity index (χ1) is 16.1. The van der Waals surface area contributed by atoms with Crippen molar-refractivity contribution in [2.24, 2.45) is 0 Å². The van der Waals surface area contributed by atoms with Gasteiger partial charge in [-0.2, -0.15) is 0 Å². The van der Waals surface area contributed by atoms with Crippen LogP contribution in [-0.4, -0.2) is 44.3 Å². The third kappa shape index (κ3) is 3.57. The summed E-state index contributed by atoms with van der Waals surface area (Å²) in [4.78, 5) is 26.3. The summed E-state index contributed by atoms with van der Waals surface area (Å²) in [5, 5.41) is 4.58. The van der Waals surface area contributed by atoms with Crippen LogP contribution in [0.5, 0.6) is 11.6 Å². The summed E-state index contributed by atoms with van der Waals surface area (Å²) in [6.07, 6.45) is 4.92. The van der Waals surface area contributed by atoms with Gasteiger partial charge in [0, 0.05) is 18.0 Å². The van der Waals surface area contributed by atoms with E-state index in [1.54, 1.807) is 44.2 Å². The topological polar surface area (TPSA) is 101 Å². The van der Waals surface area contributed by atoms with Gasteiger partial charge in [-0.05, 0) is 43.7 Å². The Kier molecular flexibility index (Phi) is 5.21. The maximum atomic E-state index is 13.0. The van der Waals surface area contributed by atoms with Crippen LogP contribution in [0.2, 0.25) is 0 Å². The summed E-state index contributed by atoms with van der Waals surface area (Å²) in [5.41, 5.74) is 3.26. The molecule has 9 heteroatoms. The molecule has 4 aromatic rings. The Labute approximate surface area is 189 Å². The minimum Gasteiger partial charge on any atom is -0.497 e. The highest BCUT2D eigenvalue weighted by molar-refractivity contribution is 5.93. The van der Waals surface area contributed by atoms with Gasteiger partial charge >= 0.3 is 5.97 Å². The fourth-order valence-corrected chi connectivity index (χ4v) is 3.96. The molecule has 9 nitrogen and oxygen atoms in total. The van der Waals surface area contributed by atoms with E-state index in [4.69, 9.17) is 19.2 Å². The van der Waals surface area contributed by atoms with Crippen LogP contribution in [0, 0.1) is 0 Å². The summed E-state index contributed by atoms with van der Waals surface area (Å²) in [7, 11) is 1.61. The fraction of sp³-hybridized carbons (Fsp3) is 0.208. The Morgan fingerprint density at radius 2 is 1.91 bits per heavy atom. The molecule has 0 fully saturated rings. The average Bonchev–Trinajstić information content (AvgIpc) is 3.28. The van der Waals surface area contributed by atoms with Gasteiger partial charge in [0.2, 0.25) is 5.88 Å². The predicted molar refractivity (Wildman–Crippen MR) is 119 cm³/mol. The van der Waals surface area contributed by atoms with Gasteiger partial charge in [0.05, 0.1) is 30.8 Å². The van der Waals surface area contributed by atoms with Gasteiger partial charge in [0.25, 0.3) is 0 Å². The Bertz CT molecular complexity index is 1360. The predicted octanol–water partition coefficient (Wildman–Crippen LogP) is 3.56. The van der Waals surface area contributed by atoms with E-state index in [2.05, 4.69) is 15.1 Å². The molecule has 1 aliphatic rings. The molecule has 33 heavy (non-hydrogen) atoms. The van der Waals surface area contributed by atoms with Gasteiger partial charge in [-0.3, -0.25) is 4.98 Å². The van der Waals surface area contributed by atoms with Gasteiger partial charge in [-0.25, -0.2) is 19.3 Å². The van der Waals surface area contributed by atoms with Crippen molar-refractivity contribution in [3.8, 4) is 23.0 Å². The Hall–Kier alpha value is -4.27. The van der Waals surface area contributed by atoms with Crippen LogP contribution in [0.3, 0.4) is 0 Å². The number of ether oxygens (including phenoxy) is 3. The zero-order valence-electron chi connectivity index (χ0n) is 18.3. The number of hydrogen-bond donors (Lipinski definition) is 0. The number of pyridine rings is 1. The molecule has 0 bridgehead atoms. The van der Waals surface area contributed by atoms with Crippen LogP contribution in [0.15, 0.2) is 66.5 Å². The molecular formula is C24H21N5O4. The van der Waals surface area contributed by atoms with E-state index in [0.717, 1.165) is 11.1 Å². The Balaban J connectivity index is 1.74. The average molecular weight is 443 g/mol. The van der Waals surface area contributed by atoms with Crippen LogP contribution in [0.1, 0.15) is 30.9 Å². The lowest BCUT2D eigenvalue weighted by Gasteiger charge is -2.28. The number of esters is 1. The van der Waals surface area contributed by atoms with Crippen molar-refractivity contribution in [2.45, 2.75) is 19.8 Å². The summed E-state index contributed by atoms with van der Waals surface area (Å²) >= 11 is 0. The van der Waals surface area contributed by atoms with E-state index in [1.807, 2.05) is 36.4 Å². The summed E-state index contributed by atoms with van der Waals surface area (Å²) in [5.74, 6) is 1.09. The lowest BCUT2D eigenvalue weighted by atomic mass is 9.83. The maximum Gasteiger partial charge on any atom is 0.338 e. The highest BCUT2D eigenvalue weighted by Gasteiger charge is 2.38. The van der Waals surface area contributed by atoms with Crippen molar-refractivity contribution in [1.29, 1.82) is 0 Å². The first-order valence-corrected chi connectivity index (χ1v) is 10.5. The van der Waals surface area contributed by atoms with Crippen LogP contribution in [-0.2, 0) is 9.53 Å². The quantitative estimate of drug-likeness (QED) is 0.432. The number of aromatic nitrogens is 5. The van der Waals surface area contributed by atoms with Gasteiger partial charge in [0.15, 0.2) is 11.5 Å². The Morgan fingerprint density at radius 1 is 1.15 bits per heavy atom. The van der Waals surface area contributed by atoms with E-state index < -0.39 is 11.9 Å². The van der Waals surface area contributed by atoms with Crippen molar-refractivity contribution in [1.82, 2.24) is 24.6 Å². The van der Waals surface area contributed by atoms with Crippen LogP contribution < -0.4 is 9.47 Å². The summed E-state index contributed by atoms with van der Waals surface area (Å²) < 4.78 is 18.3. The highest BCUT2D eigenvalue weighted by atomic mass is 16.5. The third-order valence-corrected chi connectivity index (χ3v) is 5.48. The van der Waals surface area contributed by atoms with E-state index in [0.29, 0.717) is 40.0 Å². The molecule has 166 valence electrons. The summed E-state index contributed by atoms with van der Waals surface area (Å²) in [6.45, 7) is 3.76. The lowest BCUT2D eigenvalue weighted by Crippen LogP contribution is -2.24. The standard InChI is InChI=1S/C24H21N5O4/c1-4-32-24(30)18-14(2)33-23-20(19(18)15-5-7-17(31-3)8-6-15)22-27-21(28-29(22)13-26-23)16-9-11-25-12-10-16/h5-13,19H,4H2,1-3H3/t19-/m0/s1. The van der Waals surface area contributed by atoms with Crippen molar-refractivity contribution in [3.63, 3.8) is 0 Å². The zero-order valence-corrected chi connectivity index (χ0v) is 18.3. The second kappa shape index (κ2) is 8.34. The molecule has 0 N–H and O–H groups in total. The number of hydrogen-bond acceptors (Lipinski definition) is 8. The number of nitrogens with zero attached hydrogens (tertiary/aromatic N) is 5. The van der Waals surface area contributed by atoms with Gasteiger partial charge < -0.3 is 14.2 Å². The van der Waals surface area contributed by atoms with Gasteiger partial charge in [-0.15, -0.1) is 5.10 Å². The SMILES string of the molecule is CCOC(=O)C1=C(C)Oc2ncn3nc(-c4ccncc4)nc3c2[C@H]1c1ccc(OC)cc1. The van der Waals surface area contributed by atoms with Crippen LogP contribution in [0.4, 0.5) is 0 Å². The number of benzene rings is 1. The van der Waals surface area contributed by atoms with Crippen molar-refractivity contribution in [2.75, 3.05) is 13.7 Å². The molecule has 0 radical (unpaired) electrons. The maximum absolute atomic E-state index is 13.0. The highest BCUT2D eigenvalue weighted by Crippen LogP contribution is 2.44. The van der Waals surface area contributed by atoms with E-state index >= 15 is 0 Å². The molecule has 4 heterocycles. The minimum atomic E-state index is -0.510. The number of rotatable bonds is 5. The number of allylic oxidation sites excluding steroid dienone is 1. The summed E-state index contributed by atoms with van der Waals surface area (Å²) in [6, 6.07) is 11.2. The molecule has 0 spiro atoms. The molecule has 0 amide bonds. The fourth-order valence-electron chi connectivity index (χ4n) is 3.96. The number of methoxy groups -OCH3 is 1. The number of carbonyl (C=O) groups excluding carboxylic acids is 1. The molecule has 0 unspecified atom stereocenters. The van der Waals surface area contributed by atoms with Gasteiger partial charge in [-0.1, -0.05) is 12.1 Å². The van der Waals surface area contributed by atoms with E-state index in [1.165, 1.54) is 0 Å². The molecule has 1 atom stereocenters. The normalized spacial score (nSPS) is 15.2. The van der Waals surface area contributed by atoms with Crippen LogP contribution >= 0.6 is 0 Å². The molecule has 0 saturated carbocycles. The second-order valence-electron chi connectivity index (χ2n) is 7.40.